The summed E-state index contributed by atoms with van der Waals surface area (Å²) in [5.41, 5.74) is 1.26. The minimum atomic E-state index is 0.562. The lowest BCUT2D eigenvalue weighted by Gasteiger charge is -2.15. The zero-order valence-corrected chi connectivity index (χ0v) is 13.9. The van der Waals surface area contributed by atoms with Crippen LogP contribution in [-0.2, 0) is 13.1 Å². The Morgan fingerprint density at radius 3 is 2.95 bits per heavy atom. The summed E-state index contributed by atoms with van der Waals surface area (Å²) in [5, 5.41) is 3.53. The van der Waals surface area contributed by atoms with E-state index in [9.17, 15) is 0 Å². The van der Waals surface area contributed by atoms with Crippen LogP contribution in [0.4, 0.5) is 0 Å². The molecule has 0 saturated heterocycles. The smallest absolute Gasteiger partial charge is 0.119 e. The highest BCUT2D eigenvalue weighted by molar-refractivity contribution is 5.28. The van der Waals surface area contributed by atoms with Gasteiger partial charge in [-0.1, -0.05) is 26.0 Å². The second kappa shape index (κ2) is 8.59. The highest BCUT2D eigenvalue weighted by Crippen LogP contribution is 2.13. The van der Waals surface area contributed by atoms with Crippen molar-refractivity contribution in [3.8, 4) is 5.75 Å². The molecule has 0 aliphatic heterocycles. The van der Waals surface area contributed by atoms with Crippen LogP contribution in [0.15, 0.2) is 36.7 Å². The van der Waals surface area contributed by atoms with Gasteiger partial charge in [0.2, 0.25) is 0 Å². The van der Waals surface area contributed by atoms with Crippen LogP contribution in [0.1, 0.15) is 31.7 Å². The quantitative estimate of drug-likeness (QED) is 0.771. The number of aryl methyl sites for hydroxylation is 1. The predicted octanol–water partition coefficient (Wildman–Crippen LogP) is 3.41. The highest BCUT2D eigenvalue weighted by Gasteiger charge is 2.05. The third-order valence-corrected chi connectivity index (χ3v) is 3.63. The van der Waals surface area contributed by atoms with E-state index < -0.39 is 0 Å². The van der Waals surface area contributed by atoms with Crippen molar-refractivity contribution in [2.24, 2.45) is 5.92 Å². The van der Waals surface area contributed by atoms with Crippen LogP contribution in [0.5, 0.6) is 5.75 Å². The van der Waals surface area contributed by atoms with E-state index in [2.05, 4.69) is 46.9 Å². The van der Waals surface area contributed by atoms with Gasteiger partial charge in [0.15, 0.2) is 0 Å². The van der Waals surface area contributed by atoms with Crippen LogP contribution in [-0.4, -0.2) is 22.7 Å². The van der Waals surface area contributed by atoms with Crippen LogP contribution in [0.25, 0.3) is 0 Å². The highest BCUT2D eigenvalue weighted by atomic mass is 16.5. The molecule has 1 atom stereocenters. The molecule has 0 radical (unpaired) electrons. The van der Waals surface area contributed by atoms with E-state index in [-0.39, 0.29) is 0 Å². The maximum atomic E-state index is 5.67. The summed E-state index contributed by atoms with van der Waals surface area (Å²) in [4.78, 5) is 4.26. The van der Waals surface area contributed by atoms with Crippen LogP contribution in [0.3, 0.4) is 0 Å². The van der Waals surface area contributed by atoms with E-state index >= 15 is 0 Å². The summed E-state index contributed by atoms with van der Waals surface area (Å²) < 4.78 is 7.87. The first kappa shape index (κ1) is 16.6. The van der Waals surface area contributed by atoms with Crippen LogP contribution < -0.4 is 10.1 Å². The maximum Gasteiger partial charge on any atom is 0.119 e. The largest absolute Gasteiger partial charge is 0.494 e. The van der Waals surface area contributed by atoms with Gasteiger partial charge in [0, 0.05) is 25.5 Å². The molecule has 4 heteroatoms. The Balaban J connectivity index is 1.75. The first-order valence-corrected chi connectivity index (χ1v) is 8.09. The zero-order chi connectivity index (χ0) is 15.8. The van der Waals surface area contributed by atoms with Crippen LogP contribution >= 0.6 is 0 Å². The average Bonchev–Trinajstić information content (AvgIpc) is 2.91. The molecule has 22 heavy (non-hydrogen) atoms. The Bertz CT molecular complexity index is 565. The van der Waals surface area contributed by atoms with Gasteiger partial charge < -0.3 is 14.6 Å². The van der Waals surface area contributed by atoms with E-state index in [1.165, 1.54) is 5.56 Å². The van der Waals surface area contributed by atoms with E-state index in [1.54, 1.807) is 0 Å². The normalized spacial score (nSPS) is 12.3. The third kappa shape index (κ3) is 5.19. The lowest BCUT2D eigenvalue weighted by molar-refractivity contribution is 0.317. The lowest BCUT2D eigenvalue weighted by atomic mass is 10.1. The minimum Gasteiger partial charge on any atom is -0.494 e. The molecule has 2 aromatic rings. The van der Waals surface area contributed by atoms with Crippen molar-refractivity contribution >= 4 is 0 Å². The third-order valence-electron chi connectivity index (χ3n) is 3.63. The molecule has 120 valence electrons. The average molecular weight is 301 g/mol. The van der Waals surface area contributed by atoms with Crippen molar-refractivity contribution < 1.29 is 4.74 Å². The molecule has 0 amide bonds. The van der Waals surface area contributed by atoms with Crippen molar-refractivity contribution in [1.82, 2.24) is 14.9 Å². The summed E-state index contributed by atoms with van der Waals surface area (Å²) in [5.74, 6) is 2.60. The Labute approximate surface area is 133 Å². The number of aromatic nitrogens is 2. The van der Waals surface area contributed by atoms with Crippen molar-refractivity contribution in [2.45, 2.75) is 40.3 Å². The zero-order valence-electron chi connectivity index (χ0n) is 13.9. The number of hydrogen-bond donors (Lipinski definition) is 1. The van der Waals surface area contributed by atoms with E-state index in [0.29, 0.717) is 5.92 Å². The summed E-state index contributed by atoms with van der Waals surface area (Å²) in [7, 11) is 0. The van der Waals surface area contributed by atoms with Gasteiger partial charge in [0.25, 0.3) is 0 Å². The van der Waals surface area contributed by atoms with Gasteiger partial charge in [0.05, 0.1) is 6.61 Å². The summed E-state index contributed by atoms with van der Waals surface area (Å²) in [6.45, 7) is 10.1. The van der Waals surface area contributed by atoms with Gasteiger partial charge >= 0.3 is 0 Å². The molecule has 0 aliphatic carbocycles. The van der Waals surface area contributed by atoms with Crippen molar-refractivity contribution in [2.75, 3.05) is 13.2 Å². The fourth-order valence-electron chi connectivity index (χ4n) is 2.43. The van der Waals surface area contributed by atoms with Gasteiger partial charge in [-0.05, 0) is 43.5 Å². The molecule has 4 nitrogen and oxygen atoms in total. The van der Waals surface area contributed by atoms with Crippen molar-refractivity contribution in [3.63, 3.8) is 0 Å². The van der Waals surface area contributed by atoms with Gasteiger partial charge in [-0.25, -0.2) is 4.98 Å². The Hall–Kier alpha value is -1.81. The summed E-state index contributed by atoms with van der Waals surface area (Å²) >= 11 is 0. The number of benzene rings is 1. The Kier molecular flexibility index (Phi) is 6.46. The number of nitrogens with one attached hydrogen (secondary N) is 1. The molecule has 0 spiro atoms. The van der Waals surface area contributed by atoms with E-state index in [1.807, 2.05) is 25.4 Å². The molecule has 1 aromatic carbocycles. The monoisotopic (exact) mass is 301 g/mol. The number of hydrogen-bond acceptors (Lipinski definition) is 3. The standard InChI is InChI=1S/C18H27N3O/c1-4-10-22-18-7-5-6-17(11-18)13-19-12-15(2)14-21-9-8-20-16(21)3/h5-9,11,15,19H,4,10,12-14H2,1-3H3. The molecule has 0 aliphatic rings. The van der Waals surface area contributed by atoms with Gasteiger partial charge in [0.1, 0.15) is 11.6 Å². The maximum absolute atomic E-state index is 5.67. The second-order valence-electron chi connectivity index (χ2n) is 5.86. The lowest BCUT2D eigenvalue weighted by Crippen LogP contribution is -2.24. The minimum absolute atomic E-state index is 0.562. The second-order valence-corrected chi connectivity index (χ2v) is 5.86. The van der Waals surface area contributed by atoms with Crippen LogP contribution in [0, 0.1) is 12.8 Å². The summed E-state index contributed by atoms with van der Waals surface area (Å²) in [6, 6.07) is 8.33. The van der Waals surface area contributed by atoms with Crippen molar-refractivity contribution in [1.29, 1.82) is 0 Å². The molecular formula is C18H27N3O. The first-order chi connectivity index (χ1) is 10.7. The van der Waals surface area contributed by atoms with Crippen molar-refractivity contribution in [3.05, 3.63) is 48.0 Å². The van der Waals surface area contributed by atoms with Gasteiger partial charge in [-0.2, -0.15) is 0 Å². The van der Waals surface area contributed by atoms with E-state index in [4.69, 9.17) is 4.74 Å². The number of ether oxygens (including phenoxy) is 1. The topological polar surface area (TPSA) is 39.1 Å². The molecule has 1 aromatic heterocycles. The molecule has 1 unspecified atom stereocenters. The molecule has 2 rings (SSSR count). The number of nitrogens with zero attached hydrogens (tertiary/aromatic N) is 2. The first-order valence-electron chi connectivity index (χ1n) is 8.09. The number of rotatable bonds is 9. The fraction of sp³-hybridized carbons (Fsp3) is 0.500. The van der Waals surface area contributed by atoms with Gasteiger partial charge in [-0.3, -0.25) is 0 Å². The fourth-order valence-corrected chi connectivity index (χ4v) is 2.43. The molecule has 1 N–H and O–H groups in total. The van der Waals surface area contributed by atoms with Gasteiger partial charge in [-0.15, -0.1) is 0 Å². The SMILES string of the molecule is CCCOc1cccc(CNCC(C)Cn2ccnc2C)c1. The predicted molar refractivity (Wildman–Crippen MR) is 90.1 cm³/mol. The summed E-state index contributed by atoms with van der Waals surface area (Å²) in [6.07, 6.45) is 4.94. The molecule has 0 bridgehead atoms. The molecule has 0 saturated carbocycles. The Morgan fingerprint density at radius 2 is 2.23 bits per heavy atom. The molecule has 1 heterocycles. The number of imidazole rings is 1. The Morgan fingerprint density at radius 1 is 1.36 bits per heavy atom. The van der Waals surface area contributed by atoms with Crippen LogP contribution in [0.2, 0.25) is 0 Å². The van der Waals surface area contributed by atoms with E-state index in [0.717, 1.165) is 44.2 Å². The molecular weight excluding hydrogens is 274 g/mol. The molecule has 0 fully saturated rings.